The average Bonchev–Trinajstić information content (AvgIpc) is 3.22. The Morgan fingerprint density at radius 2 is 1.80 bits per heavy atom. The summed E-state index contributed by atoms with van der Waals surface area (Å²) < 4.78 is 1.44. The van der Waals surface area contributed by atoms with Gasteiger partial charge in [0.1, 0.15) is 5.75 Å². The topological polar surface area (TPSA) is 96.3 Å². The lowest BCUT2D eigenvalue weighted by molar-refractivity contribution is -0.120. The van der Waals surface area contributed by atoms with E-state index in [-0.39, 0.29) is 29.5 Å². The number of amides is 2. The van der Waals surface area contributed by atoms with Crippen LogP contribution >= 0.6 is 0 Å². The SMILES string of the molecule is CCC(CC)C(=O)Nc1ccc(-c2cc(C3CCC3)n(C(=O)NCc3ccc(C)cc3)n2)c(O)c1. The van der Waals surface area contributed by atoms with E-state index in [9.17, 15) is 14.7 Å². The second kappa shape index (κ2) is 10.8. The number of carbonyl (C=O) groups is 2. The van der Waals surface area contributed by atoms with Crippen molar-refractivity contribution < 1.29 is 14.7 Å². The summed E-state index contributed by atoms with van der Waals surface area (Å²) in [5, 5.41) is 21.1. The average molecular weight is 475 g/mol. The number of anilines is 1. The minimum atomic E-state index is -0.285. The molecule has 2 amide bonds. The third-order valence-electron chi connectivity index (χ3n) is 6.91. The first kappa shape index (κ1) is 24.5. The Labute approximate surface area is 206 Å². The number of rotatable bonds is 8. The molecule has 0 saturated heterocycles. The molecule has 1 heterocycles. The van der Waals surface area contributed by atoms with Crippen LogP contribution in [0, 0.1) is 12.8 Å². The van der Waals surface area contributed by atoms with Crippen molar-refractivity contribution in [1.29, 1.82) is 0 Å². The molecule has 1 aliphatic carbocycles. The van der Waals surface area contributed by atoms with Crippen molar-refractivity contribution in [1.82, 2.24) is 15.1 Å². The van der Waals surface area contributed by atoms with E-state index in [4.69, 9.17) is 0 Å². The summed E-state index contributed by atoms with van der Waals surface area (Å²) in [6.45, 7) is 6.42. The van der Waals surface area contributed by atoms with Gasteiger partial charge in [0.05, 0.1) is 11.4 Å². The molecule has 0 bridgehead atoms. The molecule has 4 rings (SSSR count). The summed E-state index contributed by atoms with van der Waals surface area (Å²) in [7, 11) is 0. The van der Waals surface area contributed by atoms with Crippen molar-refractivity contribution in [2.75, 3.05) is 5.32 Å². The van der Waals surface area contributed by atoms with E-state index in [1.807, 2.05) is 51.1 Å². The van der Waals surface area contributed by atoms with Crippen LogP contribution in [0.25, 0.3) is 11.3 Å². The molecule has 3 aromatic rings. The van der Waals surface area contributed by atoms with Crippen molar-refractivity contribution in [2.45, 2.75) is 65.3 Å². The molecule has 0 unspecified atom stereocenters. The van der Waals surface area contributed by atoms with Crippen LogP contribution in [0.3, 0.4) is 0 Å². The fourth-order valence-electron chi connectivity index (χ4n) is 4.37. The van der Waals surface area contributed by atoms with Crippen LogP contribution in [0.5, 0.6) is 5.75 Å². The molecule has 0 spiro atoms. The Balaban J connectivity index is 1.54. The van der Waals surface area contributed by atoms with Gasteiger partial charge in [-0.15, -0.1) is 0 Å². The molecule has 1 aromatic heterocycles. The number of aromatic hydroxyl groups is 1. The van der Waals surface area contributed by atoms with E-state index >= 15 is 0 Å². The Bertz CT molecular complexity index is 1190. The van der Waals surface area contributed by atoms with Gasteiger partial charge in [-0.05, 0) is 56.4 Å². The van der Waals surface area contributed by atoms with Crippen LogP contribution in [0.2, 0.25) is 0 Å². The molecule has 7 nitrogen and oxygen atoms in total. The second-order valence-corrected chi connectivity index (χ2v) is 9.37. The first-order valence-corrected chi connectivity index (χ1v) is 12.5. The molecular formula is C28H34N4O3. The van der Waals surface area contributed by atoms with Crippen LogP contribution in [-0.2, 0) is 11.3 Å². The summed E-state index contributed by atoms with van der Waals surface area (Å²) >= 11 is 0. The van der Waals surface area contributed by atoms with Crippen molar-refractivity contribution >= 4 is 17.6 Å². The van der Waals surface area contributed by atoms with Gasteiger partial charge in [-0.25, -0.2) is 4.79 Å². The van der Waals surface area contributed by atoms with Crippen LogP contribution in [-0.4, -0.2) is 26.8 Å². The zero-order valence-electron chi connectivity index (χ0n) is 20.7. The molecule has 0 radical (unpaired) electrons. The number of aryl methyl sites for hydroxylation is 1. The largest absolute Gasteiger partial charge is 0.507 e. The molecular weight excluding hydrogens is 440 g/mol. The highest BCUT2D eigenvalue weighted by Gasteiger charge is 2.27. The molecule has 1 aliphatic rings. The highest BCUT2D eigenvalue weighted by atomic mass is 16.3. The minimum absolute atomic E-state index is 0.0113. The number of carbonyl (C=O) groups excluding carboxylic acids is 2. The quantitative estimate of drug-likeness (QED) is 0.375. The normalized spacial score (nSPS) is 13.5. The van der Waals surface area contributed by atoms with Gasteiger partial charge in [-0.3, -0.25) is 4.79 Å². The number of benzene rings is 2. The van der Waals surface area contributed by atoms with E-state index in [0.29, 0.717) is 23.5 Å². The summed E-state index contributed by atoms with van der Waals surface area (Å²) in [5.41, 5.74) is 4.65. The standard InChI is InChI=1S/C28H34N4O3/c1-4-20(5-2)27(34)30-22-13-14-23(26(33)15-22)24-16-25(21-7-6-8-21)32(31-24)28(35)29-17-19-11-9-18(3)10-12-19/h9-16,20-21,33H,4-8,17H2,1-3H3,(H,29,35)(H,30,34). The van der Waals surface area contributed by atoms with E-state index < -0.39 is 0 Å². The summed E-state index contributed by atoms with van der Waals surface area (Å²) in [6, 6.07) is 14.7. The predicted octanol–water partition coefficient (Wildman–Crippen LogP) is 5.96. The van der Waals surface area contributed by atoms with Crippen molar-refractivity contribution in [3.63, 3.8) is 0 Å². The number of aromatic nitrogens is 2. The van der Waals surface area contributed by atoms with Crippen LogP contribution in [0.15, 0.2) is 48.5 Å². The fourth-order valence-corrected chi connectivity index (χ4v) is 4.37. The third-order valence-corrected chi connectivity index (χ3v) is 6.91. The van der Waals surface area contributed by atoms with Gasteiger partial charge >= 0.3 is 6.03 Å². The van der Waals surface area contributed by atoms with Gasteiger partial charge in [0, 0.05) is 35.7 Å². The van der Waals surface area contributed by atoms with E-state index in [1.54, 1.807) is 12.1 Å². The highest BCUT2D eigenvalue weighted by Crippen LogP contribution is 2.39. The maximum absolute atomic E-state index is 13.1. The zero-order chi connectivity index (χ0) is 24.9. The number of nitrogens with zero attached hydrogens (tertiary/aromatic N) is 2. The van der Waals surface area contributed by atoms with Gasteiger partial charge in [-0.2, -0.15) is 9.78 Å². The Hall–Kier alpha value is -3.61. The van der Waals surface area contributed by atoms with Gasteiger partial charge < -0.3 is 15.7 Å². The van der Waals surface area contributed by atoms with E-state index in [2.05, 4.69) is 15.7 Å². The van der Waals surface area contributed by atoms with Crippen molar-refractivity contribution in [3.8, 4) is 17.0 Å². The van der Waals surface area contributed by atoms with Crippen molar-refractivity contribution in [2.24, 2.45) is 5.92 Å². The lowest BCUT2D eigenvalue weighted by atomic mass is 9.82. The zero-order valence-corrected chi connectivity index (χ0v) is 20.7. The maximum atomic E-state index is 13.1. The summed E-state index contributed by atoms with van der Waals surface area (Å²) in [4.78, 5) is 25.5. The minimum Gasteiger partial charge on any atom is -0.507 e. The molecule has 2 aromatic carbocycles. The number of phenols is 1. The van der Waals surface area contributed by atoms with Crippen LogP contribution in [0.4, 0.5) is 10.5 Å². The number of hydrogen-bond acceptors (Lipinski definition) is 4. The lowest BCUT2D eigenvalue weighted by Crippen LogP contribution is -2.31. The summed E-state index contributed by atoms with van der Waals surface area (Å²) in [5.74, 6) is 0.180. The molecule has 1 fully saturated rings. The number of hydrogen-bond donors (Lipinski definition) is 3. The number of phenolic OH excluding ortho intramolecular Hbond substituents is 1. The summed E-state index contributed by atoms with van der Waals surface area (Å²) in [6.07, 6.45) is 4.69. The molecule has 0 aliphatic heterocycles. The van der Waals surface area contributed by atoms with Crippen LogP contribution in [0.1, 0.15) is 68.7 Å². The molecule has 184 valence electrons. The van der Waals surface area contributed by atoms with Crippen LogP contribution < -0.4 is 10.6 Å². The molecule has 35 heavy (non-hydrogen) atoms. The Kier molecular flexibility index (Phi) is 7.54. The fraction of sp³-hybridized carbons (Fsp3) is 0.393. The van der Waals surface area contributed by atoms with E-state index in [1.165, 1.54) is 16.3 Å². The predicted molar refractivity (Wildman–Crippen MR) is 137 cm³/mol. The third kappa shape index (κ3) is 5.56. The molecule has 1 saturated carbocycles. The Morgan fingerprint density at radius 1 is 1.09 bits per heavy atom. The lowest BCUT2D eigenvalue weighted by Gasteiger charge is -2.25. The van der Waals surface area contributed by atoms with Gasteiger partial charge in [0.15, 0.2) is 0 Å². The van der Waals surface area contributed by atoms with Gasteiger partial charge in [-0.1, -0.05) is 50.1 Å². The first-order chi connectivity index (χ1) is 16.9. The number of nitrogens with one attached hydrogen (secondary N) is 2. The van der Waals surface area contributed by atoms with Crippen molar-refractivity contribution in [3.05, 3.63) is 65.4 Å². The second-order valence-electron chi connectivity index (χ2n) is 9.37. The smallest absolute Gasteiger partial charge is 0.342 e. The Morgan fingerprint density at radius 3 is 2.40 bits per heavy atom. The highest BCUT2D eigenvalue weighted by molar-refractivity contribution is 5.93. The maximum Gasteiger partial charge on any atom is 0.342 e. The van der Waals surface area contributed by atoms with E-state index in [0.717, 1.165) is 43.4 Å². The monoisotopic (exact) mass is 474 g/mol. The van der Waals surface area contributed by atoms with Gasteiger partial charge in [0.2, 0.25) is 5.91 Å². The molecule has 3 N–H and O–H groups in total. The first-order valence-electron chi connectivity index (χ1n) is 12.5. The van der Waals surface area contributed by atoms with Gasteiger partial charge in [0.25, 0.3) is 0 Å². The molecule has 7 heteroatoms. The molecule has 0 atom stereocenters.